The minimum Gasteiger partial charge on any atom is -0.481 e. The average Bonchev–Trinajstić information content (AvgIpc) is 2.61. The maximum absolute atomic E-state index is 10.3. The lowest BCUT2D eigenvalue weighted by Crippen LogP contribution is -1.93. The molecule has 0 heterocycles. The van der Waals surface area contributed by atoms with E-state index in [9.17, 15) is 4.79 Å². The largest absolute Gasteiger partial charge is 0.481 e. The first-order valence-corrected chi connectivity index (χ1v) is 8.49. The van der Waals surface area contributed by atoms with Crippen LogP contribution in [0.5, 0.6) is 5.75 Å². The Hall–Kier alpha value is -2.98. The van der Waals surface area contributed by atoms with Crippen LogP contribution in [0.2, 0.25) is 5.02 Å². The molecule has 0 fully saturated rings. The van der Waals surface area contributed by atoms with Crippen molar-refractivity contribution in [1.82, 2.24) is 0 Å². The molecule has 0 radical (unpaired) electrons. The lowest BCUT2D eigenvalue weighted by Gasteiger charge is -2.00. The topological polar surface area (TPSA) is 46.5 Å². The Labute approximate surface area is 160 Å². The first-order chi connectivity index (χ1) is 12.7. The smallest absolute Gasteiger partial charge is 0.303 e. The molecule has 0 saturated carbocycles. The monoisotopic (exact) mass is 366 g/mol. The predicted molar refractivity (Wildman–Crippen MR) is 103 cm³/mol. The molecule has 0 spiro atoms. The maximum Gasteiger partial charge on any atom is 0.303 e. The molecule has 26 heavy (non-hydrogen) atoms. The van der Waals surface area contributed by atoms with Gasteiger partial charge in [-0.25, -0.2) is 0 Å². The Bertz CT molecular complexity index is 827. The summed E-state index contributed by atoms with van der Waals surface area (Å²) in [6.07, 6.45) is 2.77. The van der Waals surface area contributed by atoms with Crippen molar-refractivity contribution in [3.8, 4) is 53.1 Å². The highest BCUT2D eigenvalue weighted by molar-refractivity contribution is 6.30. The van der Waals surface area contributed by atoms with E-state index in [0.717, 1.165) is 0 Å². The summed E-state index contributed by atoms with van der Waals surface area (Å²) < 4.78 is 5.44. The van der Waals surface area contributed by atoms with E-state index in [1.807, 2.05) is 12.1 Å². The number of hydrogen-bond donors (Lipinski definition) is 1. The minimum absolute atomic E-state index is 0.158. The Morgan fingerprint density at radius 3 is 2.19 bits per heavy atom. The molecule has 0 aliphatic rings. The molecule has 1 aromatic rings. The van der Waals surface area contributed by atoms with E-state index >= 15 is 0 Å². The number of aliphatic carboxylic acids is 1. The number of carboxylic acids is 1. The molecule has 132 valence electrons. The zero-order valence-corrected chi connectivity index (χ0v) is 15.2. The molecule has 1 aromatic carbocycles. The zero-order valence-electron chi connectivity index (χ0n) is 14.4. The highest BCUT2D eigenvalue weighted by atomic mass is 35.5. The molecular formula is C22H19ClO3. The fourth-order valence-corrected chi connectivity index (χ4v) is 1.83. The van der Waals surface area contributed by atoms with Crippen LogP contribution < -0.4 is 4.74 Å². The van der Waals surface area contributed by atoms with E-state index in [4.69, 9.17) is 21.4 Å². The van der Waals surface area contributed by atoms with Crippen molar-refractivity contribution in [2.75, 3.05) is 6.61 Å². The van der Waals surface area contributed by atoms with Crippen LogP contribution in [0.25, 0.3) is 0 Å². The van der Waals surface area contributed by atoms with Gasteiger partial charge >= 0.3 is 5.97 Å². The molecule has 0 aromatic heterocycles. The average molecular weight is 367 g/mol. The van der Waals surface area contributed by atoms with Gasteiger partial charge < -0.3 is 9.84 Å². The lowest BCUT2D eigenvalue weighted by molar-refractivity contribution is -0.137. The van der Waals surface area contributed by atoms with Crippen LogP contribution in [0.4, 0.5) is 0 Å². The summed E-state index contributed by atoms with van der Waals surface area (Å²) in [5.41, 5.74) is 0. The highest BCUT2D eigenvalue weighted by Gasteiger charge is 1.93. The highest BCUT2D eigenvalue weighted by Crippen LogP contribution is 2.16. The van der Waals surface area contributed by atoms with E-state index in [1.54, 1.807) is 12.1 Å². The van der Waals surface area contributed by atoms with Crippen LogP contribution in [0, 0.1) is 47.4 Å². The van der Waals surface area contributed by atoms with Gasteiger partial charge in [0.2, 0.25) is 0 Å². The first kappa shape index (κ1) is 21.1. The Morgan fingerprint density at radius 2 is 1.58 bits per heavy atom. The predicted octanol–water partition coefficient (Wildman–Crippen LogP) is 4.16. The third-order valence-electron chi connectivity index (χ3n) is 2.83. The SMILES string of the molecule is O=C(O)CCCC#CCC#CCC#CCC#CCOc1cccc(Cl)c1. The van der Waals surface area contributed by atoms with Crippen molar-refractivity contribution < 1.29 is 14.6 Å². The van der Waals surface area contributed by atoms with E-state index in [-0.39, 0.29) is 6.42 Å². The second-order valence-corrected chi connectivity index (χ2v) is 5.37. The summed E-state index contributed by atoms with van der Waals surface area (Å²) in [6, 6.07) is 7.17. The van der Waals surface area contributed by atoms with Crippen LogP contribution in [0.3, 0.4) is 0 Å². The molecular weight excluding hydrogens is 348 g/mol. The lowest BCUT2D eigenvalue weighted by atomic mass is 10.2. The van der Waals surface area contributed by atoms with E-state index in [2.05, 4.69) is 47.4 Å². The fraction of sp³-hybridized carbons (Fsp3) is 0.318. The van der Waals surface area contributed by atoms with Crippen molar-refractivity contribution in [2.45, 2.75) is 38.5 Å². The second kappa shape index (κ2) is 14.4. The van der Waals surface area contributed by atoms with Gasteiger partial charge in [-0.05, 0) is 24.6 Å². The van der Waals surface area contributed by atoms with Gasteiger partial charge in [0.05, 0.1) is 19.3 Å². The Kier molecular flexibility index (Phi) is 11.6. The summed E-state index contributed by atoms with van der Waals surface area (Å²) in [4.78, 5) is 10.3. The number of ether oxygens (including phenoxy) is 1. The molecule has 0 bridgehead atoms. The molecule has 0 atom stereocenters. The minimum atomic E-state index is -0.788. The zero-order chi connectivity index (χ0) is 18.9. The van der Waals surface area contributed by atoms with Crippen molar-refractivity contribution in [3.63, 3.8) is 0 Å². The number of carboxylic acid groups (broad SMARTS) is 1. The summed E-state index contributed by atoms with van der Waals surface area (Å²) in [6.45, 7) is 0.299. The summed E-state index contributed by atoms with van der Waals surface area (Å²) >= 11 is 5.85. The molecule has 1 N–H and O–H groups in total. The van der Waals surface area contributed by atoms with Crippen LogP contribution in [-0.4, -0.2) is 17.7 Å². The summed E-state index contributed by atoms with van der Waals surface area (Å²) in [5.74, 6) is 23.2. The molecule has 3 nitrogen and oxygen atoms in total. The molecule has 0 aliphatic carbocycles. The maximum atomic E-state index is 10.3. The van der Waals surface area contributed by atoms with Crippen LogP contribution in [0.1, 0.15) is 38.5 Å². The number of rotatable bonds is 5. The number of unbranched alkanes of at least 4 members (excludes halogenated alkanes) is 1. The Morgan fingerprint density at radius 1 is 0.962 bits per heavy atom. The number of hydrogen-bond acceptors (Lipinski definition) is 2. The first-order valence-electron chi connectivity index (χ1n) is 8.11. The normalized spacial score (nSPS) is 8.35. The van der Waals surface area contributed by atoms with Crippen molar-refractivity contribution in [1.29, 1.82) is 0 Å². The number of halogens is 1. The van der Waals surface area contributed by atoms with Gasteiger partial charge in [0, 0.05) is 17.9 Å². The van der Waals surface area contributed by atoms with E-state index < -0.39 is 5.97 Å². The number of benzene rings is 1. The van der Waals surface area contributed by atoms with Gasteiger partial charge in [-0.3, -0.25) is 4.79 Å². The van der Waals surface area contributed by atoms with Crippen molar-refractivity contribution in [2.24, 2.45) is 0 Å². The molecule has 1 rings (SSSR count). The standard InChI is InChI=1S/C22H19ClO3/c23-20-15-14-16-21(19-20)26-18-13-11-9-7-5-3-1-2-4-6-8-10-12-17-22(24)25/h14-16,19H,3-4,9-10,12,17-18H2,(H,24,25). The third-order valence-corrected chi connectivity index (χ3v) is 3.06. The molecule has 4 heteroatoms. The van der Waals surface area contributed by atoms with E-state index in [1.165, 1.54) is 0 Å². The quantitative estimate of drug-likeness (QED) is 0.628. The van der Waals surface area contributed by atoms with Crippen molar-refractivity contribution >= 4 is 17.6 Å². The molecule has 0 unspecified atom stereocenters. The van der Waals surface area contributed by atoms with Crippen LogP contribution in [-0.2, 0) is 4.79 Å². The van der Waals surface area contributed by atoms with Gasteiger partial charge in [0.15, 0.2) is 0 Å². The van der Waals surface area contributed by atoms with Crippen molar-refractivity contribution in [3.05, 3.63) is 29.3 Å². The van der Waals surface area contributed by atoms with Gasteiger partial charge in [0.1, 0.15) is 12.4 Å². The third kappa shape index (κ3) is 12.4. The second-order valence-electron chi connectivity index (χ2n) is 4.94. The van der Waals surface area contributed by atoms with Gasteiger partial charge in [-0.1, -0.05) is 59.1 Å². The Balaban J connectivity index is 2.09. The summed E-state index contributed by atoms with van der Waals surface area (Å²) in [5, 5.41) is 9.10. The number of carbonyl (C=O) groups is 1. The van der Waals surface area contributed by atoms with Crippen LogP contribution >= 0.6 is 11.6 Å². The van der Waals surface area contributed by atoms with E-state index in [0.29, 0.717) is 49.5 Å². The van der Waals surface area contributed by atoms with Gasteiger partial charge in [0.25, 0.3) is 0 Å². The van der Waals surface area contributed by atoms with Gasteiger partial charge in [-0.15, -0.1) is 5.92 Å². The molecule has 0 amide bonds. The van der Waals surface area contributed by atoms with Crippen LogP contribution in [0.15, 0.2) is 24.3 Å². The fourth-order valence-electron chi connectivity index (χ4n) is 1.65. The summed E-state index contributed by atoms with van der Waals surface area (Å²) in [7, 11) is 0. The molecule has 0 saturated heterocycles. The van der Waals surface area contributed by atoms with Gasteiger partial charge in [-0.2, -0.15) is 0 Å². The molecule has 0 aliphatic heterocycles.